The van der Waals surface area contributed by atoms with Gasteiger partial charge in [0.15, 0.2) is 0 Å². The molecule has 2 aliphatic rings. The molecule has 1 N–H and O–H groups in total. The Bertz CT molecular complexity index is 1380. The van der Waals surface area contributed by atoms with Crippen molar-refractivity contribution in [1.82, 2.24) is 14.8 Å². The molecule has 158 valence electrons. The lowest BCUT2D eigenvalue weighted by molar-refractivity contribution is 0.222. The number of anilines is 1. The number of rotatable bonds is 2. The van der Waals surface area contributed by atoms with Gasteiger partial charge >= 0.3 is 0 Å². The molecule has 0 saturated heterocycles. The van der Waals surface area contributed by atoms with Crippen molar-refractivity contribution in [2.45, 2.75) is 19.1 Å². The van der Waals surface area contributed by atoms with Crippen LogP contribution in [0, 0.1) is 12.7 Å². The van der Waals surface area contributed by atoms with Crippen LogP contribution in [0.4, 0.5) is 10.3 Å². The number of aryl methyl sites for hydroxylation is 1. The summed E-state index contributed by atoms with van der Waals surface area (Å²) in [5.74, 6) is 0.984. The first kappa shape index (κ1) is 19.1. The highest BCUT2D eigenvalue weighted by Gasteiger charge is 2.41. The molecule has 32 heavy (non-hydrogen) atoms. The third-order valence-corrected chi connectivity index (χ3v) is 6.16. The Balaban J connectivity index is 1.64. The summed E-state index contributed by atoms with van der Waals surface area (Å²) in [5.41, 5.74) is 5.54. The van der Waals surface area contributed by atoms with E-state index in [9.17, 15) is 4.39 Å². The Hall–Kier alpha value is -3.64. The van der Waals surface area contributed by atoms with E-state index in [1.807, 2.05) is 22.9 Å². The second-order valence-corrected chi connectivity index (χ2v) is 8.43. The summed E-state index contributed by atoms with van der Waals surface area (Å²) in [5, 5.41) is 8.53. The van der Waals surface area contributed by atoms with Gasteiger partial charge in [-0.05, 0) is 48.4 Å². The van der Waals surface area contributed by atoms with Crippen LogP contribution in [0.2, 0.25) is 5.02 Å². The van der Waals surface area contributed by atoms with Crippen LogP contribution in [-0.4, -0.2) is 14.8 Å². The maximum absolute atomic E-state index is 14.2. The van der Waals surface area contributed by atoms with Gasteiger partial charge < -0.3 is 10.1 Å². The monoisotopic (exact) mass is 444 g/mol. The Morgan fingerprint density at radius 3 is 2.69 bits per heavy atom. The van der Waals surface area contributed by atoms with Crippen molar-refractivity contribution < 1.29 is 9.13 Å². The molecule has 3 aromatic carbocycles. The fourth-order valence-electron chi connectivity index (χ4n) is 4.46. The Kier molecular flexibility index (Phi) is 4.30. The molecule has 7 heteroatoms. The van der Waals surface area contributed by atoms with Crippen molar-refractivity contribution in [2.24, 2.45) is 0 Å². The normalized spacial score (nSPS) is 18.8. The first-order valence-electron chi connectivity index (χ1n) is 10.3. The van der Waals surface area contributed by atoms with E-state index in [1.54, 1.807) is 12.1 Å². The largest absolute Gasteiger partial charge is 0.480 e. The smallest absolute Gasteiger partial charge is 0.226 e. The van der Waals surface area contributed by atoms with Gasteiger partial charge in [0.25, 0.3) is 0 Å². The van der Waals surface area contributed by atoms with E-state index in [2.05, 4.69) is 46.6 Å². The van der Waals surface area contributed by atoms with Crippen molar-refractivity contribution >= 4 is 23.2 Å². The van der Waals surface area contributed by atoms with E-state index in [-0.39, 0.29) is 11.9 Å². The number of nitrogens with one attached hydrogen (secondary N) is 1. The molecule has 0 spiro atoms. The van der Waals surface area contributed by atoms with Crippen LogP contribution in [0.25, 0.3) is 5.70 Å². The van der Waals surface area contributed by atoms with Gasteiger partial charge in [0.2, 0.25) is 5.95 Å². The van der Waals surface area contributed by atoms with Gasteiger partial charge in [0, 0.05) is 16.2 Å². The second-order valence-electron chi connectivity index (χ2n) is 7.99. The maximum Gasteiger partial charge on any atom is 0.226 e. The predicted octanol–water partition coefficient (Wildman–Crippen LogP) is 5.94. The quantitative estimate of drug-likeness (QED) is 0.415. The molecule has 4 aromatic rings. The van der Waals surface area contributed by atoms with Crippen molar-refractivity contribution in [3.05, 3.63) is 112 Å². The number of aromatic nitrogens is 3. The number of ether oxygens (including phenoxy) is 1. The Morgan fingerprint density at radius 2 is 1.88 bits per heavy atom. The predicted molar refractivity (Wildman–Crippen MR) is 121 cm³/mol. The molecule has 1 aromatic heterocycles. The molecular formula is C25H18ClFN4O. The van der Waals surface area contributed by atoms with Gasteiger partial charge in [-0.2, -0.15) is 10.1 Å². The molecule has 2 atom stereocenters. The van der Waals surface area contributed by atoms with Gasteiger partial charge in [0.1, 0.15) is 30.0 Å². The molecule has 0 bridgehead atoms. The molecule has 0 amide bonds. The topological polar surface area (TPSA) is 52.0 Å². The van der Waals surface area contributed by atoms with Crippen molar-refractivity contribution in [1.29, 1.82) is 0 Å². The molecule has 0 fully saturated rings. The zero-order valence-corrected chi connectivity index (χ0v) is 17.8. The highest BCUT2D eigenvalue weighted by atomic mass is 35.5. The van der Waals surface area contributed by atoms with Crippen LogP contribution in [0.15, 0.2) is 78.6 Å². The lowest BCUT2D eigenvalue weighted by Gasteiger charge is -2.39. The molecule has 0 radical (unpaired) electrons. The third-order valence-electron chi connectivity index (χ3n) is 5.92. The summed E-state index contributed by atoms with van der Waals surface area (Å²) in [7, 11) is 0. The second kappa shape index (κ2) is 7.21. The minimum absolute atomic E-state index is 0.287. The zero-order valence-electron chi connectivity index (χ0n) is 17.1. The molecular weight excluding hydrogens is 427 g/mol. The lowest BCUT2D eigenvalue weighted by Crippen LogP contribution is -2.32. The zero-order chi connectivity index (χ0) is 21.8. The fourth-order valence-corrected chi connectivity index (χ4v) is 4.63. The number of hydrogen-bond acceptors (Lipinski definition) is 4. The molecule has 2 aliphatic heterocycles. The van der Waals surface area contributed by atoms with Crippen LogP contribution in [0.1, 0.15) is 34.4 Å². The molecule has 0 saturated carbocycles. The summed E-state index contributed by atoms with van der Waals surface area (Å²) in [6.45, 7) is 2.05. The Morgan fingerprint density at radius 1 is 1.03 bits per heavy atom. The van der Waals surface area contributed by atoms with E-state index in [0.29, 0.717) is 16.7 Å². The number of benzene rings is 3. The highest BCUT2D eigenvalue weighted by molar-refractivity contribution is 6.30. The minimum Gasteiger partial charge on any atom is -0.480 e. The summed E-state index contributed by atoms with van der Waals surface area (Å²) in [6, 6.07) is 20.0. The molecule has 0 aliphatic carbocycles. The van der Waals surface area contributed by atoms with Crippen molar-refractivity contribution in [3.63, 3.8) is 0 Å². The van der Waals surface area contributed by atoms with E-state index < -0.39 is 6.10 Å². The summed E-state index contributed by atoms with van der Waals surface area (Å²) in [4.78, 5) is 4.42. The van der Waals surface area contributed by atoms with Crippen LogP contribution < -0.4 is 10.1 Å². The highest BCUT2D eigenvalue weighted by Crippen LogP contribution is 2.51. The third kappa shape index (κ3) is 2.99. The van der Waals surface area contributed by atoms with E-state index in [1.165, 1.54) is 18.5 Å². The summed E-state index contributed by atoms with van der Waals surface area (Å²) in [6.07, 6.45) is 1.00. The first-order valence-corrected chi connectivity index (χ1v) is 10.7. The molecule has 6 rings (SSSR count). The average molecular weight is 445 g/mol. The van der Waals surface area contributed by atoms with E-state index in [0.717, 1.165) is 33.5 Å². The molecule has 5 nitrogen and oxygen atoms in total. The van der Waals surface area contributed by atoms with Crippen LogP contribution in [0.5, 0.6) is 5.75 Å². The standard InChI is InChI=1S/C25H18ClFN4O/c1-14-5-7-15(8-6-14)23-21-22(30-25-28-13-29-31(23)25)19-12-17(26)9-10-20(19)32-24(21)16-3-2-4-18(27)11-16/h2-13,23-24H,1H3,(H,28,29,30)/t23-,24+/m0/s1. The van der Waals surface area contributed by atoms with Gasteiger partial charge in [0.05, 0.1) is 5.70 Å². The lowest BCUT2D eigenvalue weighted by atomic mass is 9.84. The number of nitrogens with zero attached hydrogens (tertiary/aromatic N) is 3. The van der Waals surface area contributed by atoms with E-state index in [4.69, 9.17) is 16.3 Å². The van der Waals surface area contributed by atoms with E-state index >= 15 is 0 Å². The minimum atomic E-state index is -0.523. The first-order chi connectivity index (χ1) is 15.6. The van der Waals surface area contributed by atoms with Gasteiger partial charge in [-0.1, -0.05) is 53.6 Å². The van der Waals surface area contributed by atoms with Gasteiger partial charge in [-0.15, -0.1) is 0 Å². The van der Waals surface area contributed by atoms with Crippen molar-refractivity contribution in [2.75, 3.05) is 5.32 Å². The van der Waals surface area contributed by atoms with Crippen LogP contribution >= 0.6 is 11.6 Å². The van der Waals surface area contributed by atoms with Crippen LogP contribution in [0.3, 0.4) is 0 Å². The molecule has 0 unspecified atom stereocenters. The van der Waals surface area contributed by atoms with Gasteiger partial charge in [-0.25, -0.2) is 9.07 Å². The van der Waals surface area contributed by atoms with Crippen LogP contribution in [-0.2, 0) is 0 Å². The summed E-state index contributed by atoms with van der Waals surface area (Å²) >= 11 is 6.34. The van der Waals surface area contributed by atoms with Gasteiger partial charge in [-0.3, -0.25) is 0 Å². The fraction of sp³-hybridized carbons (Fsp3) is 0.120. The van der Waals surface area contributed by atoms with Crippen molar-refractivity contribution in [3.8, 4) is 5.75 Å². The molecule has 3 heterocycles. The Labute approximate surface area is 189 Å². The average Bonchev–Trinajstić information content (AvgIpc) is 3.26. The summed E-state index contributed by atoms with van der Waals surface area (Å²) < 4.78 is 22.5. The number of halogens is 2. The number of hydrogen-bond donors (Lipinski definition) is 1. The number of fused-ring (bicyclic) bond motifs is 3. The maximum atomic E-state index is 14.2. The SMILES string of the molecule is Cc1ccc([C@H]2C3=C(Nc4ncnn42)c2cc(Cl)ccc2O[C@@H]3c2cccc(F)c2)cc1.